The molecule has 0 amide bonds. The van der Waals surface area contributed by atoms with Gasteiger partial charge in [0.05, 0.1) is 0 Å². The average molecular weight is 149 g/mol. The first kappa shape index (κ1) is 8.12. The van der Waals surface area contributed by atoms with E-state index in [1.165, 1.54) is 5.57 Å². The lowest BCUT2D eigenvalue weighted by atomic mass is 9.97. The zero-order valence-electron chi connectivity index (χ0n) is 7.22. The van der Waals surface area contributed by atoms with Gasteiger partial charge in [-0.1, -0.05) is 31.7 Å². The zero-order valence-corrected chi connectivity index (χ0v) is 7.22. The van der Waals surface area contributed by atoms with Gasteiger partial charge in [-0.3, -0.25) is 0 Å². The summed E-state index contributed by atoms with van der Waals surface area (Å²) < 4.78 is 0. The van der Waals surface area contributed by atoms with Crippen LogP contribution < -0.4 is 5.32 Å². The van der Waals surface area contributed by atoms with Crippen molar-refractivity contribution in [1.29, 1.82) is 0 Å². The number of hydrogen-bond acceptors (Lipinski definition) is 1. The minimum absolute atomic E-state index is 0.653. The van der Waals surface area contributed by atoms with Crippen LogP contribution in [0.2, 0.25) is 0 Å². The van der Waals surface area contributed by atoms with Gasteiger partial charge in [0.25, 0.3) is 0 Å². The monoisotopic (exact) mass is 149 g/mol. The highest BCUT2D eigenvalue weighted by Crippen LogP contribution is 2.18. The highest BCUT2D eigenvalue weighted by molar-refractivity contribution is 5.38. The van der Waals surface area contributed by atoms with Crippen molar-refractivity contribution in [2.24, 2.45) is 5.92 Å². The van der Waals surface area contributed by atoms with Crippen molar-refractivity contribution in [1.82, 2.24) is 5.32 Å². The van der Waals surface area contributed by atoms with Crippen LogP contribution in [0.1, 0.15) is 13.3 Å². The summed E-state index contributed by atoms with van der Waals surface area (Å²) in [6.45, 7) is 6.12. The van der Waals surface area contributed by atoms with Crippen molar-refractivity contribution in [3.05, 3.63) is 36.1 Å². The van der Waals surface area contributed by atoms with Gasteiger partial charge in [0.15, 0.2) is 0 Å². The van der Waals surface area contributed by atoms with Gasteiger partial charge in [-0.05, 0) is 17.9 Å². The van der Waals surface area contributed by atoms with Crippen molar-refractivity contribution < 1.29 is 0 Å². The number of rotatable bonds is 2. The van der Waals surface area contributed by atoms with E-state index in [-0.39, 0.29) is 0 Å². The van der Waals surface area contributed by atoms with Crippen molar-refractivity contribution in [2.45, 2.75) is 13.3 Å². The lowest BCUT2D eigenvalue weighted by Gasteiger charge is -2.13. The van der Waals surface area contributed by atoms with Gasteiger partial charge in [0.1, 0.15) is 0 Å². The van der Waals surface area contributed by atoms with Crippen LogP contribution in [0.25, 0.3) is 0 Å². The summed E-state index contributed by atoms with van der Waals surface area (Å²) in [4.78, 5) is 0. The van der Waals surface area contributed by atoms with Gasteiger partial charge < -0.3 is 5.32 Å². The van der Waals surface area contributed by atoms with Crippen LogP contribution in [0.5, 0.6) is 0 Å². The van der Waals surface area contributed by atoms with Gasteiger partial charge in [0, 0.05) is 12.7 Å². The smallest absolute Gasteiger partial charge is 0.0334 e. The number of hydrogen-bond donors (Lipinski definition) is 1. The second-order valence-electron chi connectivity index (χ2n) is 2.97. The maximum absolute atomic E-state index is 3.90. The third-order valence-corrected chi connectivity index (χ3v) is 1.92. The Labute approximate surface area is 68.5 Å². The first-order valence-electron chi connectivity index (χ1n) is 3.99. The van der Waals surface area contributed by atoms with E-state index in [0.29, 0.717) is 5.92 Å². The number of nitrogens with one attached hydrogen (secondary N) is 1. The first-order valence-corrected chi connectivity index (χ1v) is 3.99. The van der Waals surface area contributed by atoms with E-state index in [9.17, 15) is 0 Å². The molecule has 0 unspecified atom stereocenters. The van der Waals surface area contributed by atoms with Gasteiger partial charge in [-0.25, -0.2) is 0 Å². The van der Waals surface area contributed by atoms with Crippen LogP contribution in [-0.4, -0.2) is 7.05 Å². The van der Waals surface area contributed by atoms with E-state index in [1.54, 1.807) is 0 Å². The second kappa shape index (κ2) is 3.42. The van der Waals surface area contributed by atoms with Gasteiger partial charge >= 0.3 is 0 Å². The van der Waals surface area contributed by atoms with Gasteiger partial charge in [-0.2, -0.15) is 0 Å². The molecule has 1 rings (SSSR count). The van der Waals surface area contributed by atoms with Crippen LogP contribution in [0, 0.1) is 5.92 Å². The molecule has 11 heavy (non-hydrogen) atoms. The topological polar surface area (TPSA) is 12.0 Å². The minimum atomic E-state index is 0.653. The molecule has 0 aromatic rings. The third-order valence-electron chi connectivity index (χ3n) is 1.92. The Hall–Kier alpha value is -0.980. The maximum atomic E-state index is 3.90. The predicted octanol–water partition coefficient (Wildman–Crippen LogP) is 2.24. The normalized spacial score (nSPS) is 22.7. The Morgan fingerprint density at radius 1 is 1.73 bits per heavy atom. The Morgan fingerprint density at radius 2 is 2.45 bits per heavy atom. The molecule has 1 nitrogen and oxygen atoms in total. The Balaban J connectivity index is 2.71. The van der Waals surface area contributed by atoms with Crippen LogP contribution in [0.3, 0.4) is 0 Å². The average Bonchev–Trinajstić information content (AvgIpc) is 2.03. The van der Waals surface area contributed by atoms with Crippen LogP contribution >= 0.6 is 0 Å². The molecule has 60 valence electrons. The Morgan fingerprint density at radius 3 is 3.00 bits per heavy atom. The molecule has 0 radical (unpaired) electrons. The maximum Gasteiger partial charge on any atom is 0.0334 e. The summed E-state index contributed by atoms with van der Waals surface area (Å²) >= 11 is 0. The van der Waals surface area contributed by atoms with Crippen molar-refractivity contribution >= 4 is 0 Å². The van der Waals surface area contributed by atoms with Crippen molar-refractivity contribution in [3.8, 4) is 0 Å². The Kier molecular flexibility index (Phi) is 2.53. The zero-order chi connectivity index (χ0) is 8.27. The van der Waals surface area contributed by atoms with E-state index >= 15 is 0 Å². The third kappa shape index (κ3) is 1.97. The van der Waals surface area contributed by atoms with Gasteiger partial charge in [-0.15, -0.1) is 0 Å². The fraction of sp³-hybridized carbons (Fsp3) is 0.400. The lowest BCUT2D eigenvalue weighted by Crippen LogP contribution is -2.08. The first-order chi connectivity index (χ1) is 5.24. The fourth-order valence-corrected chi connectivity index (χ4v) is 1.19. The summed E-state index contributed by atoms with van der Waals surface area (Å²) in [6.07, 6.45) is 7.72. The molecule has 1 aliphatic rings. The molecule has 0 aromatic heterocycles. The van der Waals surface area contributed by atoms with E-state index in [2.05, 4.69) is 37.0 Å². The number of allylic oxidation sites excluding steroid dienone is 3. The van der Waals surface area contributed by atoms with Crippen LogP contribution in [-0.2, 0) is 0 Å². The number of likely N-dealkylation sites (N-methyl/N-ethyl adjacent to an activating group) is 1. The van der Waals surface area contributed by atoms with E-state index in [0.717, 1.165) is 12.1 Å². The van der Waals surface area contributed by atoms with E-state index in [1.807, 2.05) is 7.05 Å². The molecule has 1 N–H and O–H groups in total. The van der Waals surface area contributed by atoms with Crippen LogP contribution in [0.15, 0.2) is 36.1 Å². The summed E-state index contributed by atoms with van der Waals surface area (Å²) in [5.74, 6) is 0.653. The summed E-state index contributed by atoms with van der Waals surface area (Å²) in [5.41, 5.74) is 2.24. The van der Waals surface area contributed by atoms with Crippen LogP contribution in [0.4, 0.5) is 0 Å². The molecule has 0 heterocycles. The highest BCUT2D eigenvalue weighted by Gasteiger charge is 2.04. The van der Waals surface area contributed by atoms with E-state index < -0.39 is 0 Å². The highest BCUT2D eigenvalue weighted by atomic mass is 14.8. The molecule has 0 aromatic carbocycles. The Bertz CT molecular complexity index is 211. The van der Waals surface area contributed by atoms with E-state index in [4.69, 9.17) is 0 Å². The molecule has 0 fully saturated rings. The minimum Gasteiger partial charge on any atom is -0.388 e. The molecular weight excluding hydrogens is 134 g/mol. The molecule has 0 spiro atoms. The quantitative estimate of drug-likeness (QED) is 0.635. The van der Waals surface area contributed by atoms with Gasteiger partial charge in [0.2, 0.25) is 0 Å². The molecule has 0 bridgehead atoms. The molecule has 1 aliphatic carbocycles. The molecule has 1 atom stereocenters. The fourth-order valence-electron chi connectivity index (χ4n) is 1.19. The van der Waals surface area contributed by atoms with Crippen molar-refractivity contribution in [2.75, 3.05) is 7.05 Å². The molecular formula is C10H15N. The summed E-state index contributed by atoms with van der Waals surface area (Å²) in [6, 6.07) is 0. The standard InChI is InChI=1S/C10H15N/c1-8-5-4-6-10(7-8)9(2)11-3/h4,6-8,11H,2,5H2,1,3H3/t8-/m1/s1. The SMILES string of the molecule is C=C(NC)C1=C[C@H](C)CC=C1. The summed E-state index contributed by atoms with van der Waals surface area (Å²) in [5, 5.41) is 3.04. The lowest BCUT2D eigenvalue weighted by molar-refractivity contribution is 0.728. The van der Waals surface area contributed by atoms with Crippen molar-refractivity contribution in [3.63, 3.8) is 0 Å². The molecule has 1 heteroatoms. The molecule has 0 saturated heterocycles. The second-order valence-corrected chi connectivity index (χ2v) is 2.97. The molecule has 0 aliphatic heterocycles. The predicted molar refractivity (Wildman–Crippen MR) is 49.2 cm³/mol. The molecule has 0 saturated carbocycles. The summed E-state index contributed by atoms with van der Waals surface area (Å²) in [7, 11) is 1.90. The largest absolute Gasteiger partial charge is 0.388 e.